The summed E-state index contributed by atoms with van der Waals surface area (Å²) in [6, 6.07) is 8.00. The maximum absolute atomic E-state index is 14.9. The number of benzene rings is 1. The number of imidazole rings is 1. The summed E-state index contributed by atoms with van der Waals surface area (Å²) < 4.78 is 22.2. The van der Waals surface area contributed by atoms with E-state index < -0.39 is 17.7 Å². The zero-order chi connectivity index (χ0) is 21.3. The molecule has 0 spiro atoms. The predicted molar refractivity (Wildman–Crippen MR) is 111 cm³/mol. The quantitative estimate of drug-likeness (QED) is 0.638. The van der Waals surface area contributed by atoms with Crippen LogP contribution < -0.4 is 5.32 Å². The largest absolute Gasteiger partial charge is 0.444 e. The van der Waals surface area contributed by atoms with E-state index in [4.69, 9.17) is 9.72 Å². The summed E-state index contributed by atoms with van der Waals surface area (Å²) >= 11 is 0. The average molecular weight is 398 g/mol. The third kappa shape index (κ3) is 4.39. The lowest BCUT2D eigenvalue weighted by atomic mass is 10.1. The van der Waals surface area contributed by atoms with Crippen molar-refractivity contribution in [3.63, 3.8) is 0 Å². The third-order valence-electron chi connectivity index (χ3n) is 4.39. The standard InChI is InChI=1S/C22H27FN4O2/c1-13(2)27-19-17(11-10-15(23)18(19)16-9-7-8-12-24-16)26-20(27)14(3)25-21(28)29-22(4,5)6/h7-14H,1-6H3,(H,25,28). The molecule has 7 heteroatoms. The number of alkyl carbamates (subject to hydrolysis) is 1. The smallest absolute Gasteiger partial charge is 0.408 e. The molecule has 1 aromatic carbocycles. The Kier molecular flexibility index (Phi) is 5.59. The van der Waals surface area contributed by atoms with Crippen molar-refractivity contribution in [2.24, 2.45) is 0 Å². The van der Waals surface area contributed by atoms with Crippen LogP contribution in [0.5, 0.6) is 0 Å². The first-order chi connectivity index (χ1) is 13.6. The second-order valence-corrected chi connectivity index (χ2v) is 8.31. The number of hydrogen-bond acceptors (Lipinski definition) is 4. The van der Waals surface area contributed by atoms with E-state index in [1.165, 1.54) is 6.07 Å². The van der Waals surface area contributed by atoms with Crippen LogP contribution in [0.4, 0.5) is 9.18 Å². The van der Waals surface area contributed by atoms with Gasteiger partial charge in [0.2, 0.25) is 0 Å². The molecule has 154 valence electrons. The number of nitrogens with one attached hydrogen (secondary N) is 1. The van der Waals surface area contributed by atoms with Crippen molar-refractivity contribution in [3.05, 3.63) is 48.2 Å². The Hall–Kier alpha value is -2.96. The molecule has 0 bridgehead atoms. The number of halogens is 1. The topological polar surface area (TPSA) is 69.0 Å². The van der Waals surface area contributed by atoms with E-state index in [-0.39, 0.29) is 11.9 Å². The molecule has 2 heterocycles. The maximum Gasteiger partial charge on any atom is 0.408 e. The SMILES string of the molecule is CC(NC(=O)OC(C)(C)C)c1nc2ccc(F)c(-c3ccccn3)c2n1C(C)C. The Morgan fingerprint density at radius 2 is 1.90 bits per heavy atom. The van der Waals surface area contributed by atoms with Crippen LogP contribution >= 0.6 is 0 Å². The van der Waals surface area contributed by atoms with E-state index in [0.29, 0.717) is 28.1 Å². The fourth-order valence-corrected chi connectivity index (χ4v) is 3.31. The molecular weight excluding hydrogens is 371 g/mol. The Morgan fingerprint density at radius 1 is 1.17 bits per heavy atom. The zero-order valence-electron chi connectivity index (χ0n) is 17.7. The summed E-state index contributed by atoms with van der Waals surface area (Å²) in [5, 5.41) is 2.83. The van der Waals surface area contributed by atoms with Gasteiger partial charge in [-0.05, 0) is 65.8 Å². The number of amides is 1. The number of nitrogens with zero attached hydrogens (tertiary/aromatic N) is 3. The zero-order valence-corrected chi connectivity index (χ0v) is 17.7. The van der Waals surface area contributed by atoms with E-state index in [2.05, 4.69) is 10.3 Å². The van der Waals surface area contributed by atoms with E-state index >= 15 is 0 Å². The first kappa shape index (κ1) is 20.8. The molecule has 3 aromatic rings. The van der Waals surface area contributed by atoms with Gasteiger partial charge in [-0.3, -0.25) is 4.98 Å². The highest BCUT2D eigenvalue weighted by Crippen LogP contribution is 2.34. The molecule has 0 fully saturated rings. The lowest BCUT2D eigenvalue weighted by molar-refractivity contribution is 0.0504. The van der Waals surface area contributed by atoms with Crippen LogP contribution in [0.2, 0.25) is 0 Å². The fourth-order valence-electron chi connectivity index (χ4n) is 3.31. The fraction of sp³-hybridized carbons (Fsp3) is 0.409. The second-order valence-electron chi connectivity index (χ2n) is 8.31. The van der Waals surface area contributed by atoms with Gasteiger partial charge in [0.15, 0.2) is 0 Å². The number of aromatic nitrogens is 3. The minimum absolute atomic E-state index is 0.0119. The van der Waals surface area contributed by atoms with Crippen LogP contribution in [0, 0.1) is 5.82 Å². The summed E-state index contributed by atoms with van der Waals surface area (Å²) in [6.07, 6.45) is 1.11. The normalized spacial score (nSPS) is 13.0. The van der Waals surface area contributed by atoms with Crippen molar-refractivity contribution < 1.29 is 13.9 Å². The van der Waals surface area contributed by atoms with Gasteiger partial charge in [0.1, 0.15) is 17.2 Å². The third-order valence-corrected chi connectivity index (χ3v) is 4.39. The summed E-state index contributed by atoms with van der Waals surface area (Å²) in [5.41, 5.74) is 1.65. The number of ether oxygens (including phenoxy) is 1. The van der Waals surface area contributed by atoms with Crippen LogP contribution in [0.15, 0.2) is 36.5 Å². The van der Waals surface area contributed by atoms with Crippen LogP contribution in [0.25, 0.3) is 22.3 Å². The number of hydrogen-bond donors (Lipinski definition) is 1. The molecule has 0 aliphatic carbocycles. The molecule has 29 heavy (non-hydrogen) atoms. The minimum Gasteiger partial charge on any atom is -0.444 e. The summed E-state index contributed by atoms with van der Waals surface area (Å²) in [7, 11) is 0. The second kappa shape index (κ2) is 7.81. The van der Waals surface area contributed by atoms with E-state index in [9.17, 15) is 9.18 Å². The Labute approximate surface area is 170 Å². The summed E-state index contributed by atoms with van der Waals surface area (Å²) in [5.74, 6) is 0.265. The number of pyridine rings is 1. The van der Waals surface area contributed by atoms with E-state index in [0.717, 1.165) is 0 Å². The van der Waals surface area contributed by atoms with Crippen molar-refractivity contribution in [1.29, 1.82) is 0 Å². The summed E-state index contributed by atoms with van der Waals surface area (Å²) in [4.78, 5) is 21.3. The molecule has 0 saturated carbocycles. The molecule has 3 rings (SSSR count). The molecule has 0 radical (unpaired) electrons. The number of rotatable bonds is 4. The number of fused-ring (bicyclic) bond motifs is 1. The van der Waals surface area contributed by atoms with Gasteiger partial charge in [-0.15, -0.1) is 0 Å². The van der Waals surface area contributed by atoms with Gasteiger partial charge in [-0.1, -0.05) is 6.07 Å². The van der Waals surface area contributed by atoms with Crippen LogP contribution in [-0.4, -0.2) is 26.2 Å². The molecule has 0 aliphatic heterocycles. The van der Waals surface area contributed by atoms with Crippen molar-refractivity contribution in [2.75, 3.05) is 0 Å². The van der Waals surface area contributed by atoms with Crippen molar-refractivity contribution in [1.82, 2.24) is 19.9 Å². The molecule has 2 aromatic heterocycles. The van der Waals surface area contributed by atoms with Gasteiger partial charge in [0, 0.05) is 12.2 Å². The van der Waals surface area contributed by atoms with Crippen LogP contribution in [-0.2, 0) is 4.74 Å². The monoisotopic (exact) mass is 398 g/mol. The molecular formula is C22H27FN4O2. The van der Waals surface area contributed by atoms with E-state index in [1.807, 2.05) is 52.2 Å². The predicted octanol–water partition coefficient (Wildman–Crippen LogP) is 5.40. The Morgan fingerprint density at radius 3 is 2.48 bits per heavy atom. The molecule has 0 saturated heterocycles. The molecule has 1 atom stereocenters. The minimum atomic E-state index is -0.600. The highest BCUT2D eigenvalue weighted by Gasteiger charge is 2.25. The van der Waals surface area contributed by atoms with Gasteiger partial charge in [-0.25, -0.2) is 14.2 Å². The van der Waals surface area contributed by atoms with Crippen LogP contribution in [0.3, 0.4) is 0 Å². The van der Waals surface area contributed by atoms with Crippen molar-refractivity contribution in [2.45, 2.75) is 59.2 Å². The first-order valence-electron chi connectivity index (χ1n) is 9.69. The molecule has 1 unspecified atom stereocenters. The van der Waals surface area contributed by atoms with Crippen LogP contribution in [0.1, 0.15) is 59.5 Å². The van der Waals surface area contributed by atoms with Gasteiger partial charge in [-0.2, -0.15) is 0 Å². The van der Waals surface area contributed by atoms with Gasteiger partial charge in [0.25, 0.3) is 0 Å². The lowest BCUT2D eigenvalue weighted by Gasteiger charge is -2.23. The summed E-state index contributed by atoms with van der Waals surface area (Å²) in [6.45, 7) is 11.3. The maximum atomic E-state index is 14.9. The Balaban J connectivity index is 2.13. The molecule has 0 aliphatic rings. The van der Waals surface area contributed by atoms with Gasteiger partial charge in [0.05, 0.1) is 28.3 Å². The van der Waals surface area contributed by atoms with Crippen molar-refractivity contribution in [3.8, 4) is 11.3 Å². The first-order valence-corrected chi connectivity index (χ1v) is 9.69. The average Bonchev–Trinajstić information content (AvgIpc) is 3.00. The van der Waals surface area contributed by atoms with Crippen molar-refractivity contribution >= 4 is 17.1 Å². The molecule has 1 N–H and O–H groups in total. The van der Waals surface area contributed by atoms with Gasteiger partial charge >= 0.3 is 6.09 Å². The number of carbonyl (C=O) groups excluding carboxylic acids is 1. The highest BCUT2D eigenvalue weighted by atomic mass is 19.1. The lowest BCUT2D eigenvalue weighted by Crippen LogP contribution is -2.35. The molecule has 1 amide bonds. The Bertz CT molecular complexity index is 1020. The van der Waals surface area contributed by atoms with Gasteiger partial charge < -0.3 is 14.6 Å². The highest BCUT2D eigenvalue weighted by molar-refractivity contribution is 5.92. The number of carbonyl (C=O) groups is 1. The van der Waals surface area contributed by atoms with E-state index in [1.54, 1.807) is 24.4 Å². The molecule has 6 nitrogen and oxygen atoms in total.